The van der Waals surface area contributed by atoms with Gasteiger partial charge < -0.3 is 0 Å². The summed E-state index contributed by atoms with van der Waals surface area (Å²) < 4.78 is 25.0. The Labute approximate surface area is 74.6 Å². The molecular formula is C8H15NO2S. The fourth-order valence-corrected chi connectivity index (χ4v) is 1.51. The van der Waals surface area contributed by atoms with Gasteiger partial charge in [-0.15, -0.1) is 6.42 Å². The molecule has 0 fully saturated rings. The Morgan fingerprint density at radius 3 is 2.08 bits per heavy atom. The molecule has 0 heterocycles. The Morgan fingerprint density at radius 2 is 1.83 bits per heavy atom. The molecule has 0 aromatic rings. The van der Waals surface area contributed by atoms with Gasteiger partial charge in [-0.3, -0.25) is 0 Å². The summed E-state index contributed by atoms with van der Waals surface area (Å²) in [6.45, 7) is 6.50. The molecule has 4 heteroatoms. The van der Waals surface area contributed by atoms with E-state index in [9.17, 15) is 8.42 Å². The molecule has 0 spiro atoms. The van der Waals surface area contributed by atoms with Gasteiger partial charge in [-0.25, -0.2) is 8.42 Å². The summed E-state index contributed by atoms with van der Waals surface area (Å²) in [7, 11) is -3.26. The zero-order valence-electron chi connectivity index (χ0n) is 7.88. The highest BCUT2D eigenvalue weighted by Crippen LogP contribution is 2.05. The van der Waals surface area contributed by atoms with Crippen molar-refractivity contribution >= 4 is 10.0 Å². The predicted molar refractivity (Wildman–Crippen MR) is 50.1 cm³/mol. The lowest BCUT2D eigenvalue weighted by Gasteiger charge is -2.20. The first-order valence-electron chi connectivity index (χ1n) is 3.72. The van der Waals surface area contributed by atoms with Gasteiger partial charge in [-0.1, -0.05) is 5.92 Å². The minimum absolute atomic E-state index is 0.454. The van der Waals surface area contributed by atoms with Crippen LogP contribution in [0.3, 0.4) is 0 Å². The third kappa shape index (κ3) is 3.24. The summed E-state index contributed by atoms with van der Waals surface area (Å²) in [4.78, 5) is 0. The molecule has 0 saturated carbocycles. The third-order valence-electron chi connectivity index (χ3n) is 1.38. The molecule has 0 aromatic heterocycles. The van der Waals surface area contributed by atoms with Crippen molar-refractivity contribution in [3.8, 4) is 12.3 Å². The molecule has 0 aliphatic carbocycles. The van der Waals surface area contributed by atoms with E-state index < -0.39 is 20.8 Å². The molecule has 0 saturated heterocycles. The Kier molecular flexibility index (Phi) is 3.31. The highest BCUT2D eigenvalue weighted by atomic mass is 32.2. The molecule has 0 unspecified atom stereocenters. The van der Waals surface area contributed by atoms with Crippen molar-refractivity contribution in [1.82, 2.24) is 4.72 Å². The second kappa shape index (κ2) is 3.46. The van der Waals surface area contributed by atoms with Gasteiger partial charge in [0.05, 0.1) is 10.8 Å². The number of hydrogen-bond donors (Lipinski definition) is 1. The van der Waals surface area contributed by atoms with Crippen LogP contribution in [0.15, 0.2) is 0 Å². The van der Waals surface area contributed by atoms with E-state index in [0.717, 1.165) is 0 Å². The highest BCUT2D eigenvalue weighted by molar-refractivity contribution is 7.90. The number of nitrogens with one attached hydrogen (secondary N) is 1. The van der Waals surface area contributed by atoms with Gasteiger partial charge >= 0.3 is 0 Å². The lowest BCUT2D eigenvalue weighted by Crippen LogP contribution is -2.45. The van der Waals surface area contributed by atoms with E-state index in [1.54, 1.807) is 27.7 Å². The van der Waals surface area contributed by atoms with Crippen LogP contribution in [-0.4, -0.2) is 19.2 Å². The van der Waals surface area contributed by atoms with Gasteiger partial charge in [-0.2, -0.15) is 4.72 Å². The lowest BCUT2D eigenvalue weighted by atomic mass is 10.1. The predicted octanol–water partition coefficient (Wildman–Crippen LogP) is 0.726. The minimum Gasteiger partial charge on any atom is -0.212 e. The molecule has 0 radical (unpaired) electrons. The molecular weight excluding hydrogens is 174 g/mol. The van der Waals surface area contributed by atoms with Crippen LogP contribution in [0.25, 0.3) is 0 Å². The van der Waals surface area contributed by atoms with Gasteiger partial charge in [0.25, 0.3) is 0 Å². The van der Waals surface area contributed by atoms with E-state index in [1.165, 1.54) is 0 Å². The molecule has 0 atom stereocenters. The summed E-state index contributed by atoms with van der Waals surface area (Å²) in [6, 6.07) is 0. The monoisotopic (exact) mass is 189 g/mol. The van der Waals surface area contributed by atoms with Crippen LogP contribution >= 0.6 is 0 Å². The number of terminal acetylenes is 1. The van der Waals surface area contributed by atoms with E-state index >= 15 is 0 Å². The van der Waals surface area contributed by atoms with Gasteiger partial charge in [0.1, 0.15) is 0 Å². The van der Waals surface area contributed by atoms with E-state index in [-0.39, 0.29) is 0 Å². The molecule has 3 nitrogen and oxygen atoms in total. The summed E-state index contributed by atoms with van der Waals surface area (Å²) in [5.74, 6) is 2.36. The molecule has 0 aliphatic heterocycles. The first kappa shape index (κ1) is 11.5. The highest BCUT2D eigenvalue weighted by Gasteiger charge is 2.24. The van der Waals surface area contributed by atoms with Crippen molar-refractivity contribution in [1.29, 1.82) is 0 Å². The van der Waals surface area contributed by atoms with Crippen LogP contribution in [0.1, 0.15) is 27.7 Å². The van der Waals surface area contributed by atoms with E-state index in [1.807, 2.05) is 0 Å². The first-order valence-corrected chi connectivity index (χ1v) is 5.26. The molecule has 0 bridgehead atoms. The van der Waals surface area contributed by atoms with Crippen molar-refractivity contribution in [2.45, 2.75) is 38.5 Å². The maximum atomic E-state index is 11.3. The Hall–Kier alpha value is -0.530. The van der Waals surface area contributed by atoms with Crippen LogP contribution in [0.4, 0.5) is 0 Å². The second-order valence-electron chi connectivity index (χ2n) is 3.47. The molecule has 12 heavy (non-hydrogen) atoms. The number of hydrogen-bond acceptors (Lipinski definition) is 2. The topological polar surface area (TPSA) is 46.2 Å². The zero-order chi connectivity index (χ0) is 9.99. The van der Waals surface area contributed by atoms with Crippen LogP contribution in [0.5, 0.6) is 0 Å². The van der Waals surface area contributed by atoms with Crippen LogP contribution in [-0.2, 0) is 10.0 Å². The summed E-state index contributed by atoms with van der Waals surface area (Å²) in [5, 5.41) is -0.454. The molecule has 0 amide bonds. The first-order chi connectivity index (χ1) is 5.21. The average Bonchev–Trinajstić information content (AvgIpc) is 1.85. The standard InChI is InChI=1S/C8H15NO2S/c1-6-8(4,5)9-12(10,11)7(2)3/h1,7,9H,2-5H3. The average molecular weight is 189 g/mol. The zero-order valence-corrected chi connectivity index (χ0v) is 8.70. The van der Waals surface area contributed by atoms with E-state index in [4.69, 9.17) is 6.42 Å². The molecule has 0 aliphatic rings. The number of rotatable bonds is 3. The van der Waals surface area contributed by atoms with Crippen LogP contribution in [0.2, 0.25) is 0 Å². The summed E-state index contributed by atoms with van der Waals surface area (Å²) in [6.07, 6.45) is 5.14. The van der Waals surface area contributed by atoms with Crippen molar-refractivity contribution in [3.05, 3.63) is 0 Å². The Bertz CT molecular complexity index is 283. The second-order valence-corrected chi connectivity index (χ2v) is 5.70. The Morgan fingerprint density at radius 1 is 1.42 bits per heavy atom. The molecule has 70 valence electrons. The maximum Gasteiger partial charge on any atom is 0.215 e. The van der Waals surface area contributed by atoms with E-state index in [0.29, 0.717) is 0 Å². The smallest absolute Gasteiger partial charge is 0.212 e. The lowest BCUT2D eigenvalue weighted by molar-refractivity contribution is 0.531. The quantitative estimate of drug-likeness (QED) is 0.665. The fraction of sp³-hybridized carbons (Fsp3) is 0.750. The fourth-order valence-electron chi connectivity index (χ4n) is 0.503. The number of sulfonamides is 1. The van der Waals surface area contributed by atoms with Gasteiger partial charge in [0.2, 0.25) is 10.0 Å². The van der Waals surface area contributed by atoms with Crippen LogP contribution < -0.4 is 4.72 Å². The minimum atomic E-state index is -3.26. The van der Waals surface area contributed by atoms with Crippen molar-refractivity contribution in [3.63, 3.8) is 0 Å². The largest absolute Gasteiger partial charge is 0.215 e. The van der Waals surface area contributed by atoms with Crippen molar-refractivity contribution in [2.75, 3.05) is 0 Å². The third-order valence-corrected chi connectivity index (χ3v) is 3.41. The van der Waals surface area contributed by atoms with Gasteiger partial charge in [0.15, 0.2) is 0 Å². The summed E-state index contributed by atoms with van der Waals surface area (Å²) in [5.41, 5.74) is -0.802. The molecule has 0 aromatic carbocycles. The molecule has 1 N–H and O–H groups in total. The summed E-state index contributed by atoms with van der Waals surface area (Å²) >= 11 is 0. The van der Waals surface area contributed by atoms with Crippen LogP contribution in [0, 0.1) is 12.3 Å². The molecule has 0 rings (SSSR count). The van der Waals surface area contributed by atoms with Gasteiger partial charge in [0, 0.05) is 0 Å². The normalized spacial score (nSPS) is 13.0. The van der Waals surface area contributed by atoms with E-state index in [2.05, 4.69) is 10.6 Å². The van der Waals surface area contributed by atoms with Crippen molar-refractivity contribution < 1.29 is 8.42 Å². The van der Waals surface area contributed by atoms with Crippen molar-refractivity contribution in [2.24, 2.45) is 0 Å². The maximum absolute atomic E-state index is 11.3. The SMILES string of the molecule is C#CC(C)(C)NS(=O)(=O)C(C)C. The Balaban J connectivity index is 4.61. The van der Waals surface area contributed by atoms with Gasteiger partial charge in [-0.05, 0) is 27.7 Å².